The molecule has 1 aliphatic rings. The quantitative estimate of drug-likeness (QED) is 0.320. The highest BCUT2D eigenvalue weighted by Gasteiger charge is 2.22. The highest BCUT2D eigenvalue weighted by atomic mass is 16.7. The molecular formula is C18H13N3O10. The van der Waals surface area contributed by atoms with Crippen molar-refractivity contribution in [3.63, 3.8) is 0 Å². The average Bonchev–Trinajstić information content (AvgIpc) is 3.05. The van der Waals surface area contributed by atoms with E-state index in [0.29, 0.717) is 11.3 Å². The number of nitrogens with zero attached hydrogens (tertiary/aromatic N) is 3. The van der Waals surface area contributed by atoms with Gasteiger partial charge in [0.15, 0.2) is 12.4 Å². The number of nitro groups is 2. The number of nitro benzene ring substituents is 2. The number of esters is 1. The van der Waals surface area contributed by atoms with Crippen LogP contribution >= 0.6 is 0 Å². The number of oxazole rings is 1. The van der Waals surface area contributed by atoms with Crippen molar-refractivity contribution in [2.75, 3.05) is 6.79 Å². The number of hydrogen-bond acceptors (Lipinski definition) is 10. The summed E-state index contributed by atoms with van der Waals surface area (Å²) in [6, 6.07) is 6.09. The van der Waals surface area contributed by atoms with Crippen LogP contribution in [0.4, 0.5) is 11.4 Å². The number of ether oxygens (including phenoxy) is 3. The number of hydrogen-bond donors (Lipinski definition) is 0. The first-order valence-electron chi connectivity index (χ1n) is 8.77. The van der Waals surface area contributed by atoms with Gasteiger partial charge in [-0.25, -0.2) is 4.79 Å². The molecule has 13 nitrogen and oxygen atoms in total. The Morgan fingerprint density at radius 2 is 1.90 bits per heavy atom. The normalized spacial score (nSPS) is 12.8. The molecule has 13 heteroatoms. The number of carbonyl (C=O) groups is 1. The van der Waals surface area contributed by atoms with Crippen LogP contribution < -0.4 is 10.5 Å². The third-order valence-electron chi connectivity index (χ3n) is 4.52. The highest BCUT2D eigenvalue weighted by molar-refractivity contribution is 5.78. The maximum Gasteiger partial charge on any atom is 0.420 e. The Labute approximate surface area is 171 Å². The Bertz CT molecular complexity index is 1280. The first-order valence-corrected chi connectivity index (χ1v) is 8.77. The lowest BCUT2D eigenvalue weighted by molar-refractivity contribution is -0.385. The monoisotopic (exact) mass is 431 g/mol. The smallest absolute Gasteiger partial charge is 0.420 e. The zero-order valence-electron chi connectivity index (χ0n) is 15.6. The Kier molecular flexibility index (Phi) is 5.09. The van der Waals surface area contributed by atoms with Crippen molar-refractivity contribution in [2.24, 2.45) is 0 Å². The van der Waals surface area contributed by atoms with E-state index in [4.69, 9.17) is 18.6 Å². The molecule has 0 amide bonds. The van der Waals surface area contributed by atoms with E-state index in [-0.39, 0.29) is 48.0 Å². The van der Waals surface area contributed by atoms with Crippen LogP contribution in [0.3, 0.4) is 0 Å². The third-order valence-corrected chi connectivity index (χ3v) is 4.52. The molecule has 0 fully saturated rings. The zero-order chi connectivity index (χ0) is 22.1. The predicted octanol–water partition coefficient (Wildman–Crippen LogP) is 2.02. The minimum atomic E-state index is -0.888. The number of carbonyl (C=O) groups excluding carboxylic acids is 1. The van der Waals surface area contributed by atoms with Gasteiger partial charge < -0.3 is 18.6 Å². The Morgan fingerprint density at radius 1 is 1.13 bits per heavy atom. The summed E-state index contributed by atoms with van der Waals surface area (Å²) < 4.78 is 21.6. The summed E-state index contributed by atoms with van der Waals surface area (Å²) in [7, 11) is 0. The van der Waals surface area contributed by atoms with E-state index >= 15 is 0 Å². The van der Waals surface area contributed by atoms with Crippen LogP contribution in [0.2, 0.25) is 0 Å². The topological polar surface area (TPSA) is 166 Å². The van der Waals surface area contributed by atoms with E-state index in [2.05, 4.69) is 0 Å². The summed E-state index contributed by atoms with van der Waals surface area (Å²) in [5.74, 6) is -1.38. The van der Waals surface area contributed by atoms with Crippen molar-refractivity contribution >= 4 is 28.4 Å². The molecule has 0 saturated carbocycles. The van der Waals surface area contributed by atoms with Gasteiger partial charge in [0.2, 0.25) is 0 Å². The Hall–Kier alpha value is -4.26. The third kappa shape index (κ3) is 3.93. The second kappa shape index (κ2) is 7.87. The number of benzene rings is 2. The maximum atomic E-state index is 12.3. The van der Waals surface area contributed by atoms with Crippen LogP contribution in [0.15, 0.2) is 39.5 Å². The molecule has 1 aliphatic heterocycles. The molecule has 0 spiro atoms. The van der Waals surface area contributed by atoms with E-state index in [9.17, 15) is 29.8 Å². The first kappa shape index (κ1) is 20.0. The van der Waals surface area contributed by atoms with E-state index in [0.717, 1.165) is 10.6 Å². The molecule has 0 unspecified atom stereocenters. The zero-order valence-corrected chi connectivity index (χ0v) is 15.6. The predicted molar refractivity (Wildman–Crippen MR) is 100 cm³/mol. The van der Waals surface area contributed by atoms with Crippen LogP contribution in [-0.4, -0.2) is 27.2 Å². The van der Waals surface area contributed by atoms with Crippen LogP contribution in [0.25, 0.3) is 11.1 Å². The molecule has 1 aromatic heterocycles. The van der Waals surface area contributed by atoms with Crippen molar-refractivity contribution in [1.82, 2.24) is 4.57 Å². The largest absolute Gasteiger partial charge is 0.467 e. The minimum absolute atomic E-state index is 0.0473. The lowest BCUT2D eigenvalue weighted by Crippen LogP contribution is -2.22. The fourth-order valence-corrected chi connectivity index (χ4v) is 3.14. The van der Waals surface area contributed by atoms with Gasteiger partial charge in [-0.05, 0) is 6.07 Å². The Morgan fingerprint density at radius 3 is 2.65 bits per heavy atom. The summed E-state index contributed by atoms with van der Waals surface area (Å²) in [5, 5.41) is 22.0. The molecule has 4 rings (SSSR count). The summed E-state index contributed by atoms with van der Waals surface area (Å²) in [6.45, 7) is -0.793. The molecular weight excluding hydrogens is 418 g/mol. The summed E-state index contributed by atoms with van der Waals surface area (Å²) in [6.07, 6.45) is 0. The first-order chi connectivity index (χ1) is 14.8. The molecule has 0 saturated heterocycles. The van der Waals surface area contributed by atoms with Crippen molar-refractivity contribution < 1.29 is 33.3 Å². The van der Waals surface area contributed by atoms with Gasteiger partial charge in [-0.2, -0.15) is 0 Å². The van der Waals surface area contributed by atoms with Gasteiger partial charge in [0.25, 0.3) is 11.4 Å². The molecule has 0 N–H and O–H groups in total. The Balaban J connectivity index is 1.53. The molecule has 160 valence electrons. The average molecular weight is 431 g/mol. The van der Waals surface area contributed by atoms with Crippen LogP contribution in [0.5, 0.6) is 5.75 Å². The summed E-state index contributed by atoms with van der Waals surface area (Å²) in [5.41, 5.74) is 0.382. The molecule has 31 heavy (non-hydrogen) atoms. The number of fused-ring (bicyclic) bond motifs is 2. The van der Waals surface area contributed by atoms with Crippen molar-refractivity contribution in [2.45, 2.75) is 19.8 Å². The van der Waals surface area contributed by atoms with Gasteiger partial charge in [0.1, 0.15) is 18.9 Å². The van der Waals surface area contributed by atoms with E-state index in [1.807, 2.05) is 0 Å². The molecule has 2 heterocycles. The van der Waals surface area contributed by atoms with Gasteiger partial charge in [-0.15, -0.1) is 0 Å². The number of non-ortho nitro benzene ring substituents is 2. The second-order valence-electron chi connectivity index (χ2n) is 6.48. The molecule has 0 bridgehead atoms. The molecule has 0 radical (unpaired) electrons. The van der Waals surface area contributed by atoms with E-state index in [1.165, 1.54) is 24.3 Å². The fraction of sp³-hybridized carbons (Fsp3) is 0.222. The van der Waals surface area contributed by atoms with Crippen LogP contribution in [0.1, 0.15) is 11.1 Å². The molecule has 0 atom stereocenters. The van der Waals surface area contributed by atoms with Gasteiger partial charge in [-0.3, -0.25) is 29.6 Å². The summed E-state index contributed by atoms with van der Waals surface area (Å²) >= 11 is 0. The van der Waals surface area contributed by atoms with E-state index < -0.39 is 28.1 Å². The van der Waals surface area contributed by atoms with Crippen molar-refractivity contribution in [3.05, 3.63) is 72.2 Å². The molecule has 2 aromatic carbocycles. The second-order valence-corrected chi connectivity index (χ2v) is 6.48. The SMILES string of the molecule is O=C(Cn1c(=O)oc2cc([N+](=O)[O-])ccc21)OCc1cc([N+](=O)[O-])cc2c1OCOC2. The lowest BCUT2D eigenvalue weighted by Gasteiger charge is -2.20. The lowest BCUT2D eigenvalue weighted by atomic mass is 10.1. The fourth-order valence-electron chi connectivity index (χ4n) is 3.14. The van der Waals surface area contributed by atoms with Crippen molar-refractivity contribution in [3.8, 4) is 5.75 Å². The van der Waals surface area contributed by atoms with Gasteiger partial charge in [0, 0.05) is 29.3 Å². The van der Waals surface area contributed by atoms with Gasteiger partial charge in [0.05, 0.1) is 28.0 Å². The number of rotatable bonds is 6. The van der Waals surface area contributed by atoms with Crippen LogP contribution in [0, 0.1) is 20.2 Å². The van der Waals surface area contributed by atoms with Gasteiger partial charge in [-0.1, -0.05) is 0 Å². The number of aromatic nitrogens is 1. The molecule has 0 aliphatic carbocycles. The highest BCUT2D eigenvalue weighted by Crippen LogP contribution is 2.33. The van der Waals surface area contributed by atoms with Crippen molar-refractivity contribution in [1.29, 1.82) is 0 Å². The molecule has 3 aromatic rings. The maximum absolute atomic E-state index is 12.3. The summed E-state index contributed by atoms with van der Waals surface area (Å²) in [4.78, 5) is 45.1. The minimum Gasteiger partial charge on any atom is -0.467 e. The van der Waals surface area contributed by atoms with E-state index in [1.54, 1.807) is 0 Å². The van der Waals surface area contributed by atoms with Gasteiger partial charge >= 0.3 is 11.7 Å². The standard InChI is InChI=1S/C18H13N3O10/c22-16(6-19-14-2-1-12(20(24)25)5-15(14)31-18(19)23)29-8-11-4-13(21(26)27)3-10-7-28-9-30-17(10)11/h1-5H,6-9H2. The van der Waals surface area contributed by atoms with Crippen LogP contribution in [-0.2, 0) is 34.0 Å².